The van der Waals surface area contributed by atoms with E-state index in [9.17, 15) is 4.79 Å². The zero-order chi connectivity index (χ0) is 16.5. The molecule has 4 rings (SSSR count). The monoisotopic (exact) mass is 334 g/mol. The van der Waals surface area contributed by atoms with E-state index in [0.29, 0.717) is 33.4 Å². The fourth-order valence-corrected chi connectivity index (χ4v) is 2.52. The Kier molecular flexibility index (Phi) is 3.59. The minimum Gasteiger partial charge on any atom is -0.434 e. The molecule has 116 valence electrons. The summed E-state index contributed by atoms with van der Waals surface area (Å²) in [6.45, 7) is 0. The molecule has 4 aromatic rings. The van der Waals surface area contributed by atoms with Gasteiger partial charge in [0.05, 0.1) is 0 Å². The van der Waals surface area contributed by atoms with E-state index >= 15 is 0 Å². The fraction of sp³-hybridized carbons (Fsp3) is 0. The van der Waals surface area contributed by atoms with Crippen molar-refractivity contribution >= 4 is 28.6 Å². The van der Waals surface area contributed by atoms with Crippen molar-refractivity contribution in [2.45, 2.75) is 0 Å². The van der Waals surface area contributed by atoms with Crippen LogP contribution in [0.15, 0.2) is 71.1 Å². The van der Waals surface area contributed by atoms with Crippen LogP contribution in [-0.4, -0.2) is 15.8 Å². The molecule has 0 unspecified atom stereocenters. The number of hydrogen-bond donors (Lipinski definition) is 0. The molecule has 2 aromatic heterocycles. The molecule has 0 bridgehead atoms. The lowest BCUT2D eigenvalue weighted by molar-refractivity contribution is 0.103. The summed E-state index contributed by atoms with van der Waals surface area (Å²) in [5.74, 6) is 0.298. The van der Waals surface area contributed by atoms with Crippen LogP contribution in [0.5, 0.6) is 0 Å². The SMILES string of the molecule is O=C(c1ccccc1)c1ccc2oc(-c3ccc(Cl)cc3)nc2n1. The van der Waals surface area contributed by atoms with Gasteiger partial charge in [0.15, 0.2) is 11.2 Å². The maximum atomic E-state index is 12.5. The Bertz CT molecular complexity index is 1020. The largest absolute Gasteiger partial charge is 0.434 e. The number of pyridine rings is 1. The van der Waals surface area contributed by atoms with E-state index in [1.807, 2.05) is 30.3 Å². The van der Waals surface area contributed by atoms with Crippen LogP contribution in [0.4, 0.5) is 0 Å². The van der Waals surface area contributed by atoms with Crippen molar-refractivity contribution in [2.24, 2.45) is 0 Å². The van der Waals surface area contributed by atoms with Crippen LogP contribution >= 0.6 is 11.6 Å². The summed E-state index contributed by atoms with van der Waals surface area (Å²) in [4.78, 5) is 21.2. The number of aromatic nitrogens is 2. The second kappa shape index (κ2) is 5.91. The summed E-state index contributed by atoms with van der Waals surface area (Å²) >= 11 is 5.89. The van der Waals surface area contributed by atoms with Gasteiger partial charge in [0, 0.05) is 16.1 Å². The van der Waals surface area contributed by atoms with Crippen molar-refractivity contribution in [3.63, 3.8) is 0 Å². The normalized spacial score (nSPS) is 10.9. The Morgan fingerprint density at radius 3 is 2.38 bits per heavy atom. The highest BCUT2D eigenvalue weighted by atomic mass is 35.5. The van der Waals surface area contributed by atoms with Crippen molar-refractivity contribution in [3.05, 3.63) is 83.0 Å². The minimum atomic E-state index is -0.145. The molecule has 0 aliphatic heterocycles. The predicted molar refractivity (Wildman–Crippen MR) is 92.1 cm³/mol. The number of ketones is 1. The number of carbonyl (C=O) groups is 1. The average molecular weight is 335 g/mol. The Morgan fingerprint density at radius 1 is 0.875 bits per heavy atom. The van der Waals surface area contributed by atoms with Gasteiger partial charge < -0.3 is 4.42 Å². The highest BCUT2D eigenvalue weighted by molar-refractivity contribution is 6.30. The second-order valence-corrected chi connectivity index (χ2v) is 5.68. The topological polar surface area (TPSA) is 56.0 Å². The Balaban J connectivity index is 1.73. The first-order valence-electron chi connectivity index (χ1n) is 7.34. The Morgan fingerprint density at radius 2 is 1.62 bits per heavy atom. The van der Waals surface area contributed by atoms with E-state index in [4.69, 9.17) is 16.0 Å². The molecule has 0 amide bonds. The van der Waals surface area contributed by atoms with Gasteiger partial charge in [0.1, 0.15) is 5.69 Å². The highest BCUT2D eigenvalue weighted by Gasteiger charge is 2.14. The molecule has 4 nitrogen and oxygen atoms in total. The lowest BCUT2D eigenvalue weighted by Gasteiger charge is -1.99. The standard InChI is InChI=1S/C19H11ClN2O2/c20-14-8-6-13(7-9-14)19-22-18-16(24-19)11-10-15(21-18)17(23)12-4-2-1-3-5-12/h1-11H. The van der Waals surface area contributed by atoms with Gasteiger partial charge in [-0.15, -0.1) is 0 Å². The van der Waals surface area contributed by atoms with Crippen LogP contribution in [-0.2, 0) is 0 Å². The Hall–Kier alpha value is -2.98. The molecule has 0 aliphatic carbocycles. The molecule has 0 atom stereocenters. The van der Waals surface area contributed by atoms with E-state index in [1.54, 1.807) is 36.4 Å². The molecule has 2 heterocycles. The molecular formula is C19H11ClN2O2. The third-order valence-corrected chi connectivity index (χ3v) is 3.87. The number of benzene rings is 2. The molecule has 24 heavy (non-hydrogen) atoms. The average Bonchev–Trinajstić information content (AvgIpc) is 3.05. The number of rotatable bonds is 3. The van der Waals surface area contributed by atoms with Gasteiger partial charge in [-0.1, -0.05) is 41.9 Å². The third-order valence-electron chi connectivity index (χ3n) is 3.61. The van der Waals surface area contributed by atoms with Crippen LogP contribution in [0.25, 0.3) is 22.7 Å². The lowest BCUT2D eigenvalue weighted by Crippen LogP contribution is -2.03. The van der Waals surface area contributed by atoms with Crippen molar-refractivity contribution in [1.82, 2.24) is 9.97 Å². The molecule has 0 spiro atoms. The van der Waals surface area contributed by atoms with Crippen LogP contribution in [0.2, 0.25) is 5.02 Å². The van der Waals surface area contributed by atoms with Crippen molar-refractivity contribution in [2.75, 3.05) is 0 Å². The first-order valence-corrected chi connectivity index (χ1v) is 7.72. The minimum absolute atomic E-state index is 0.145. The van der Waals surface area contributed by atoms with E-state index in [-0.39, 0.29) is 5.78 Å². The van der Waals surface area contributed by atoms with Gasteiger partial charge in [-0.2, -0.15) is 4.98 Å². The zero-order valence-corrected chi connectivity index (χ0v) is 13.2. The lowest BCUT2D eigenvalue weighted by atomic mass is 10.1. The smallest absolute Gasteiger partial charge is 0.228 e. The molecule has 0 saturated heterocycles. The first-order chi connectivity index (χ1) is 11.7. The van der Waals surface area contributed by atoms with Gasteiger partial charge >= 0.3 is 0 Å². The molecule has 0 saturated carbocycles. The molecule has 0 radical (unpaired) electrons. The van der Waals surface area contributed by atoms with E-state index in [1.165, 1.54) is 0 Å². The molecule has 0 fully saturated rings. The summed E-state index contributed by atoms with van der Waals surface area (Å²) in [6, 6.07) is 19.6. The number of oxazole rings is 1. The number of carbonyl (C=O) groups excluding carboxylic acids is 1. The molecule has 2 aromatic carbocycles. The van der Waals surface area contributed by atoms with Crippen LogP contribution in [0, 0.1) is 0 Å². The molecule has 0 N–H and O–H groups in total. The van der Waals surface area contributed by atoms with Gasteiger partial charge in [-0.25, -0.2) is 4.98 Å². The van der Waals surface area contributed by atoms with E-state index in [2.05, 4.69) is 9.97 Å². The summed E-state index contributed by atoms with van der Waals surface area (Å²) in [5, 5.41) is 0.642. The second-order valence-electron chi connectivity index (χ2n) is 5.24. The van der Waals surface area contributed by atoms with Crippen LogP contribution < -0.4 is 0 Å². The first kappa shape index (κ1) is 14.6. The van der Waals surface area contributed by atoms with Gasteiger partial charge in [-0.05, 0) is 36.4 Å². The summed E-state index contributed by atoms with van der Waals surface area (Å²) < 4.78 is 5.71. The van der Waals surface area contributed by atoms with Crippen molar-refractivity contribution < 1.29 is 9.21 Å². The van der Waals surface area contributed by atoms with Crippen molar-refractivity contribution in [1.29, 1.82) is 0 Å². The van der Waals surface area contributed by atoms with E-state index in [0.717, 1.165) is 5.56 Å². The number of fused-ring (bicyclic) bond motifs is 1. The Labute approximate surface area is 142 Å². The predicted octanol–water partition coefficient (Wildman–Crippen LogP) is 4.77. The maximum Gasteiger partial charge on any atom is 0.228 e. The zero-order valence-electron chi connectivity index (χ0n) is 12.4. The number of halogens is 1. The third kappa shape index (κ3) is 2.68. The molecule has 0 aliphatic rings. The van der Waals surface area contributed by atoms with E-state index < -0.39 is 0 Å². The van der Waals surface area contributed by atoms with Gasteiger partial charge in [0.2, 0.25) is 11.7 Å². The maximum absolute atomic E-state index is 12.5. The quantitative estimate of drug-likeness (QED) is 0.506. The molecular weight excluding hydrogens is 324 g/mol. The molecule has 5 heteroatoms. The fourth-order valence-electron chi connectivity index (χ4n) is 2.40. The van der Waals surface area contributed by atoms with Crippen molar-refractivity contribution in [3.8, 4) is 11.5 Å². The van der Waals surface area contributed by atoms with Crippen LogP contribution in [0.3, 0.4) is 0 Å². The summed E-state index contributed by atoms with van der Waals surface area (Å²) in [6.07, 6.45) is 0. The number of nitrogens with zero attached hydrogens (tertiary/aromatic N) is 2. The highest BCUT2D eigenvalue weighted by Crippen LogP contribution is 2.25. The van der Waals surface area contributed by atoms with Gasteiger partial charge in [-0.3, -0.25) is 4.79 Å². The summed E-state index contributed by atoms with van der Waals surface area (Å²) in [5.41, 5.74) is 2.66. The van der Waals surface area contributed by atoms with Crippen LogP contribution in [0.1, 0.15) is 16.1 Å². The summed E-state index contributed by atoms with van der Waals surface area (Å²) in [7, 11) is 0. The van der Waals surface area contributed by atoms with Gasteiger partial charge in [0.25, 0.3) is 0 Å². The number of hydrogen-bond acceptors (Lipinski definition) is 4.